The lowest BCUT2D eigenvalue weighted by molar-refractivity contribution is 0.589. The summed E-state index contributed by atoms with van der Waals surface area (Å²) in [6.45, 7) is 6.80. The molecule has 1 N–H and O–H groups in total. The van der Waals surface area contributed by atoms with Gasteiger partial charge in [-0.3, -0.25) is 0 Å². The molecule has 1 unspecified atom stereocenters. The normalized spacial score (nSPS) is 17.7. The topological polar surface area (TPSA) is 12.0 Å². The van der Waals surface area contributed by atoms with Crippen molar-refractivity contribution < 1.29 is 0 Å². The van der Waals surface area contributed by atoms with Gasteiger partial charge in [0, 0.05) is 10.2 Å². The van der Waals surface area contributed by atoms with Crippen LogP contribution >= 0.6 is 15.9 Å². The fourth-order valence-corrected chi connectivity index (χ4v) is 3.34. The zero-order valence-corrected chi connectivity index (χ0v) is 13.8. The number of nitrogens with one attached hydrogen (secondary N) is 1. The van der Waals surface area contributed by atoms with Crippen LogP contribution in [0, 0.1) is 0 Å². The fraction of sp³-hybridized carbons (Fsp3) is 0.333. The Morgan fingerprint density at radius 1 is 1.10 bits per heavy atom. The second-order valence-electron chi connectivity index (χ2n) is 6.54. The Balaban J connectivity index is 1.91. The summed E-state index contributed by atoms with van der Waals surface area (Å²) >= 11 is 3.66. The van der Waals surface area contributed by atoms with Crippen molar-refractivity contribution in [2.24, 2.45) is 0 Å². The largest absolute Gasteiger partial charge is 0.378 e. The zero-order chi connectivity index (χ0) is 14.3. The molecule has 0 aliphatic carbocycles. The van der Waals surface area contributed by atoms with Crippen LogP contribution in [0.5, 0.6) is 0 Å². The minimum Gasteiger partial charge on any atom is -0.378 e. The minimum absolute atomic E-state index is 0.209. The molecule has 1 aliphatic heterocycles. The first-order valence-electron chi connectivity index (χ1n) is 7.09. The highest BCUT2D eigenvalue weighted by atomic mass is 79.9. The lowest BCUT2D eigenvalue weighted by atomic mass is 9.85. The number of anilines is 1. The number of halogens is 1. The molecule has 0 spiro atoms. The van der Waals surface area contributed by atoms with Gasteiger partial charge in [-0.25, -0.2) is 0 Å². The van der Waals surface area contributed by atoms with Gasteiger partial charge in [0.25, 0.3) is 0 Å². The van der Waals surface area contributed by atoms with Crippen molar-refractivity contribution in [3.05, 3.63) is 63.6 Å². The summed E-state index contributed by atoms with van der Waals surface area (Å²) < 4.78 is 1.18. The molecule has 1 nitrogen and oxygen atoms in total. The molecule has 3 rings (SSSR count). The van der Waals surface area contributed by atoms with Crippen molar-refractivity contribution in [2.75, 3.05) is 5.32 Å². The van der Waals surface area contributed by atoms with Crippen LogP contribution < -0.4 is 5.32 Å². The maximum absolute atomic E-state index is 3.66. The van der Waals surface area contributed by atoms with Crippen LogP contribution in [0.2, 0.25) is 0 Å². The van der Waals surface area contributed by atoms with E-state index in [0.29, 0.717) is 6.04 Å². The molecule has 2 aromatic carbocycles. The van der Waals surface area contributed by atoms with E-state index in [1.807, 2.05) is 0 Å². The van der Waals surface area contributed by atoms with E-state index in [2.05, 4.69) is 84.5 Å². The van der Waals surface area contributed by atoms with Gasteiger partial charge in [0.05, 0.1) is 6.04 Å². The number of hydrogen-bond donors (Lipinski definition) is 1. The van der Waals surface area contributed by atoms with Gasteiger partial charge in [0.15, 0.2) is 0 Å². The number of benzene rings is 2. The predicted molar refractivity (Wildman–Crippen MR) is 89.4 cm³/mol. The second-order valence-corrected chi connectivity index (χ2v) is 7.40. The molecular formula is C18H20BrN. The van der Waals surface area contributed by atoms with Crippen molar-refractivity contribution in [1.29, 1.82) is 0 Å². The maximum Gasteiger partial charge on any atom is 0.0566 e. The lowest BCUT2D eigenvalue weighted by Gasteiger charge is -2.19. The second kappa shape index (κ2) is 4.92. The van der Waals surface area contributed by atoms with Crippen LogP contribution in [0.3, 0.4) is 0 Å². The van der Waals surface area contributed by atoms with E-state index in [0.717, 1.165) is 6.42 Å². The molecule has 0 radical (unpaired) electrons. The van der Waals surface area contributed by atoms with Crippen LogP contribution in [0.1, 0.15) is 43.5 Å². The minimum atomic E-state index is 0.209. The van der Waals surface area contributed by atoms with Crippen molar-refractivity contribution in [1.82, 2.24) is 0 Å². The van der Waals surface area contributed by atoms with Crippen molar-refractivity contribution in [2.45, 2.75) is 38.6 Å². The predicted octanol–water partition coefficient (Wildman–Crippen LogP) is 5.46. The van der Waals surface area contributed by atoms with E-state index in [-0.39, 0.29) is 5.41 Å². The first kappa shape index (κ1) is 13.7. The van der Waals surface area contributed by atoms with E-state index >= 15 is 0 Å². The van der Waals surface area contributed by atoms with Gasteiger partial charge in [-0.15, -0.1) is 0 Å². The highest BCUT2D eigenvalue weighted by molar-refractivity contribution is 9.10. The molecule has 1 atom stereocenters. The molecule has 0 saturated heterocycles. The quantitative estimate of drug-likeness (QED) is 0.732. The molecular weight excluding hydrogens is 310 g/mol. The molecule has 20 heavy (non-hydrogen) atoms. The van der Waals surface area contributed by atoms with E-state index in [9.17, 15) is 0 Å². The summed E-state index contributed by atoms with van der Waals surface area (Å²) in [6.07, 6.45) is 1.06. The van der Waals surface area contributed by atoms with Crippen LogP contribution in [0.4, 0.5) is 5.69 Å². The highest BCUT2D eigenvalue weighted by Gasteiger charge is 2.25. The Hall–Kier alpha value is -1.28. The standard InChI is InChI=1S/C18H20BrN/c1-18(2,3)13-8-9-16-12(10-13)11-17(20-16)14-6-4-5-7-15(14)19/h4-10,17,20H,11H2,1-3H3. The van der Waals surface area contributed by atoms with Gasteiger partial charge >= 0.3 is 0 Å². The van der Waals surface area contributed by atoms with Crippen LogP contribution in [-0.2, 0) is 11.8 Å². The first-order chi connectivity index (χ1) is 9.45. The van der Waals surface area contributed by atoms with E-state index in [1.54, 1.807) is 0 Å². The third-order valence-electron chi connectivity index (χ3n) is 4.01. The Morgan fingerprint density at radius 2 is 1.85 bits per heavy atom. The summed E-state index contributed by atoms with van der Waals surface area (Å²) in [5, 5.41) is 3.64. The fourth-order valence-electron chi connectivity index (χ4n) is 2.77. The van der Waals surface area contributed by atoms with E-state index in [4.69, 9.17) is 0 Å². The van der Waals surface area contributed by atoms with Crippen LogP contribution in [-0.4, -0.2) is 0 Å². The smallest absolute Gasteiger partial charge is 0.0566 e. The maximum atomic E-state index is 3.66. The highest BCUT2D eigenvalue weighted by Crippen LogP contribution is 2.38. The van der Waals surface area contributed by atoms with Crippen molar-refractivity contribution in [3.63, 3.8) is 0 Å². The molecule has 0 aromatic heterocycles. The van der Waals surface area contributed by atoms with Gasteiger partial charge in [0.1, 0.15) is 0 Å². The summed E-state index contributed by atoms with van der Waals surface area (Å²) in [4.78, 5) is 0. The lowest BCUT2D eigenvalue weighted by Crippen LogP contribution is -2.10. The SMILES string of the molecule is CC(C)(C)c1ccc2c(c1)CC(c1ccccc1Br)N2. The Kier molecular flexibility index (Phi) is 3.37. The average Bonchev–Trinajstić information content (AvgIpc) is 2.80. The van der Waals surface area contributed by atoms with Crippen molar-refractivity contribution in [3.8, 4) is 0 Å². The Labute approximate surface area is 129 Å². The van der Waals surface area contributed by atoms with Gasteiger partial charge < -0.3 is 5.32 Å². The molecule has 104 valence electrons. The van der Waals surface area contributed by atoms with Gasteiger partial charge in [-0.05, 0) is 40.7 Å². The summed E-state index contributed by atoms with van der Waals surface area (Å²) in [7, 11) is 0. The monoisotopic (exact) mass is 329 g/mol. The summed E-state index contributed by atoms with van der Waals surface area (Å²) in [5.41, 5.74) is 5.66. The molecule has 0 fully saturated rings. The molecule has 2 heteroatoms. The Morgan fingerprint density at radius 3 is 2.55 bits per heavy atom. The molecule has 2 aromatic rings. The zero-order valence-electron chi connectivity index (χ0n) is 12.2. The van der Waals surface area contributed by atoms with Crippen LogP contribution in [0.15, 0.2) is 46.9 Å². The average molecular weight is 330 g/mol. The Bertz CT molecular complexity index is 640. The molecule has 1 heterocycles. The number of rotatable bonds is 1. The van der Waals surface area contributed by atoms with Crippen molar-refractivity contribution >= 4 is 21.6 Å². The molecule has 0 saturated carbocycles. The third kappa shape index (κ3) is 2.49. The molecule has 0 bridgehead atoms. The molecule has 1 aliphatic rings. The number of fused-ring (bicyclic) bond motifs is 1. The van der Waals surface area contributed by atoms with E-state index in [1.165, 1.54) is 26.9 Å². The number of hydrogen-bond acceptors (Lipinski definition) is 1. The van der Waals surface area contributed by atoms with Gasteiger partial charge in [0.2, 0.25) is 0 Å². The summed E-state index contributed by atoms with van der Waals surface area (Å²) in [6, 6.07) is 15.7. The molecule has 0 amide bonds. The van der Waals surface area contributed by atoms with Gasteiger partial charge in [-0.2, -0.15) is 0 Å². The van der Waals surface area contributed by atoms with Crippen LogP contribution in [0.25, 0.3) is 0 Å². The first-order valence-corrected chi connectivity index (χ1v) is 7.89. The third-order valence-corrected chi connectivity index (χ3v) is 4.73. The van der Waals surface area contributed by atoms with E-state index < -0.39 is 0 Å². The summed E-state index contributed by atoms with van der Waals surface area (Å²) in [5.74, 6) is 0. The van der Waals surface area contributed by atoms with Gasteiger partial charge in [-0.1, -0.05) is 67.0 Å².